The summed E-state index contributed by atoms with van der Waals surface area (Å²) in [6.45, 7) is 8.50. The van der Waals surface area contributed by atoms with Gasteiger partial charge < -0.3 is 9.64 Å². The number of thiazole rings is 2. The summed E-state index contributed by atoms with van der Waals surface area (Å²) in [7, 11) is 0. The molecule has 0 unspecified atom stereocenters. The summed E-state index contributed by atoms with van der Waals surface area (Å²) in [5.41, 5.74) is 6.30. The summed E-state index contributed by atoms with van der Waals surface area (Å²) in [6.07, 6.45) is 1.82. The van der Waals surface area contributed by atoms with E-state index in [1.807, 2.05) is 0 Å². The molecule has 0 aliphatic carbocycles. The zero-order chi connectivity index (χ0) is 19.4. The molecule has 1 aliphatic rings. The molecule has 1 fully saturated rings. The van der Waals surface area contributed by atoms with E-state index in [0.29, 0.717) is 34.4 Å². The number of anilines is 1. The van der Waals surface area contributed by atoms with Crippen molar-refractivity contribution in [1.82, 2.24) is 20.8 Å². The van der Waals surface area contributed by atoms with Crippen LogP contribution in [-0.2, 0) is 11.2 Å². The lowest BCUT2D eigenvalue weighted by Crippen LogP contribution is -2.41. The Morgan fingerprint density at radius 1 is 1.04 bits per heavy atom. The first kappa shape index (κ1) is 19.7. The monoisotopic (exact) mass is 409 g/mol. The molecule has 0 bridgehead atoms. The molecule has 2 aromatic heterocycles. The SMILES string of the molecule is CCCc1nc(C)c(C(=O)NNC(=O)c2sc(N3CCOCC3)nc2C)s1. The third kappa shape index (κ3) is 4.63. The third-order valence-electron chi connectivity index (χ3n) is 4.07. The van der Waals surface area contributed by atoms with Gasteiger partial charge in [0.25, 0.3) is 11.8 Å². The number of morpholine rings is 1. The van der Waals surface area contributed by atoms with Gasteiger partial charge in [-0.3, -0.25) is 20.4 Å². The van der Waals surface area contributed by atoms with Crippen molar-refractivity contribution in [3.8, 4) is 0 Å². The van der Waals surface area contributed by atoms with Gasteiger partial charge in [-0.1, -0.05) is 18.3 Å². The highest BCUT2D eigenvalue weighted by Gasteiger charge is 2.21. The van der Waals surface area contributed by atoms with Crippen LogP contribution >= 0.6 is 22.7 Å². The van der Waals surface area contributed by atoms with Crippen LogP contribution in [0.4, 0.5) is 5.13 Å². The normalized spacial score (nSPS) is 14.3. The zero-order valence-corrected chi connectivity index (χ0v) is 17.3. The predicted octanol–water partition coefficient (Wildman–Crippen LogP) is 2.08. The molecule has 3 heterocycles. The Bertz CT molecular complexity index is 827. The van der Waals surface area contributed by atoms with Crippen molar-refractivity contribution >= 4 is 39.6 Å². The molecule has 1 aliphatic heterocycles. The summed E-state index contributed by atoms with van der Waals surface area (Å²) in [6, 6.07) is 0. The Morgan fingerprint density at radius 3 is 2.26 bits per heavy atom. The number of amides is 2. The van der Waals surface area contributed by atoms with Crippen LogP contribution in [0, 0.1) is 13.8 Å². The number of carbonyl (C=O) groups excluding carboxylic acids is 2. The molecule has 27 heavy (non-hydrogen) atoms. The fraction of sp³-hybridized carbons (Fsp3) is 0.529. The molecule has 0 saturated carbocycles. The van der Waals surface area contributed by atoms with E-state index in [1.54, 1.807) is 13.8 Å². The molecule has 0 spiro atoms. The van der Waals surface area contributed by atoms with Crippen molar-refractivity contribution in [2.45, 2.75) is 33.6 Å². The minimum Gasteiger partial charge on any atom is -0.378 e. The minimum absolute atomic E-state index is 0.351. The maximum absolute atomic E-state index is 12.5. The number of ether oxygens (including phenoxy) is 1. The van der Waals surface area contributed by atoms with Crippen molar-refractivity contribution in [2.75, 3.05) is 31.2 Å². The second kappa shape index (κ2) is 8.77. The molecule has 2 aromatic rings. The summed E-state index contributed by atoms with van der Waals surface area (Å²) in [4.78, 5) is 36.8. The Balaban J connectivity index is 1.62. The van der Waals surface area contributed by atoms with Gasteiger partial charge in [0.1, 0.15) is 9.75 Å². The van der Waals surface area contributed by atoms with Crippen molar-refractivity contribution in [3.63, 3.8) is 0 Å². The summed E-state index contributed by atoms with van der Waals surface area (Å²) in [5.74, 6) is -0.718. The number of nitrogens with zero attached hydrogens (tertiary/aromatic N) is 3. The van der Waals surface area contributed by atoms with Crippen LogP contribution in [-0.4, -0.2) is 48.1 Å². The molecular weight excluding hydrogens is 386 g/mol. The predicted molar refractivity (Wildman–Crippen MR) is 106 cm³/mol. The average Bonchev–Trinajstić information content (AvgIpc) is 3.23. The van der Waals surface area contributed by atoms with Gasteiger partial charge in [0.05, 0.1) is 29.6 Å². The first-order valence-corrected chi connectivity index (χ1v) is 10.5. The molecule has 0 aromatic carbocycles. The van der Waals surface area contributed by atoms with Gasteiger partial charge in [-0.15, -0.1) is 11.3 Å². The lowest BCUT2D eigenvalue weighted by Gasteiger charge is -2.25. The standard InChI is InChI=1S/C17H23N5O3S2/c1-4-5-12-18-10(2)13(26-12)15(23)20-21-16(24)14-11(3)19-17(27-14)22-6-8-25-9-7-22/h4-9H2,1-3H3,(H,20,23)(H,21,24). The van der Waals surface area contributed by atoms with E-state index in [-0.39, 0.29) is 11.8 Å². The van der Waals surface area contributed by atoms with E-state index in [1.165, 1.54) is 22.7 Å². The first-order valence-electron chi connectivity index (χ1n) is 8.86. The van der Waals surface area contributed by atoms with Crippen molar-refractivity contribution in [2.24, 2.45) is 0 Å². The highest BCUT2D eigenvalue weighted by molar-refractivity contribution is 7.17. The van der Waals surface area contributed by atoms with Crippen LogP contribution in [0.5, 0.6) is 0 Å². The Labute approximate surface area is 165 Å². The quantitative estimate of drug-likeness (QED) is 0.734. The van der Waals surface area contributed by atoms with Gasteiger partial charge in [0.15, 0.2) is 5.13 Å². The number of hydrogen-bond acceptors (Lipinski definition) is 8. The Hall–Kier alpha value is -2.04. The maximum atomic E-state index is 12.5. The van der Waals surface area contributed by atoms with Crippen LogP contribution in [0.25, 0.3) is 0 Å². The summed E-state index contributed by atoms with van der Waals surface area (Å²) < 4.78 is 5.34. The fourth-order valence-electron chi connectivity index (χ4n) is 2.69. The Kier molecular flexibility index (Phi) is 6.40. The number of rotatable bonds is 5. The first-order chi connectivity index (χ1) is 13.0. The molecule has 0 atom stereocenters. The van der Waals surface area contributed by atoms with Crippen molar-refractivity contribution in [3.05, 3.63) is 26.1 Å². The van der Waals surface area contributed by atoms with Crippen LogP contribution < -0.4 is 15.8 Å². The van der Waals surface area contributed by atoms with Gasteiger partial charge in [0.2, 0.25) is 0 Å². The minimum atomic E-state index is -0.367. The van der Waals surface area contributed by atoms with E-state index in [0.717, 1.165) is 36.1 Å². The van der Waals surface area contributed by atoms with E-state index in [4.69, 9.17) is 4.74 Å². The topological polar surface area (TPSA) is 96.5 Å². The lowest BCUT2D eigenvalue weighted by atomic mass is 10.3. The highest BCUT2D eigenvalue weighted by Crippen LogP contribution is 2.26. The van der Waals surface area contributed by atoms with E-state index in [2.05, 4.69) is 32.6 Å². The number of carbonyl (C=O) groups is 2. The number of hydrazine groups is 1. The van der Waals surface area contributed by atoms with Gasteiger partial charge in [-0.05, 0) is 26.7 Å². The highest BCUT2D eigenvalue weighted by atomic mass is 32.1. The lowest BCUT2D eigenvalue weighted by molar-refractivity contribution is 0.0850. The number of hydrogen-bond donors (Lipinski definition) is 2. The van der Waals surface area contributed by atoms with E-state index >= 15 is 0 Å². The smallest absolute Gasteiger partial charge is 0.281 e. The Morgan fingerprint density at radius 2 is 1.63 bits per heavy atom. The van der Waals surface area contributed by atoms with Crippen LogP contribution in [0.3, 0.4) is 0 Å². The largest absolute Gasteiger partial charge is 0.378 e. The molecule has 1 saturated heterocycles. The number of nitrogens with one attached hydrogen (secondary N) is 2. The third-order valence-corrected chi connectivity index (χ3v) is 6.51. The van der Waals surface area contributed by atoms with Gasteiger partial charge >= 0.3 is 0 Å². The fourth-order valence-corrected chi connectivity index (χ4v) is 4.77. The van der Waals surface area contributed by atoms with Gasteiger partial charge in [0, 0.05) is 13.1 Å². The molecule has 10 heteroatoms. The maximum Gasteiger partial charge on any atom is 0.281 e. The summed E-state index contributed by atoms with van der Waals surface area (Å²) >= 11 is 2.68. The molecule has 3 rings (SSSR count). The zero-order valence-electron chi connectivity index (χ0n) is 15.6. The second-order valence-electron chi connectivity index (χ2n) is 6.19. The van der Waals surface area contributed by atoms with Crippen LogP contribution in [0.15, 0.2) is 0 Å². The number of aromatic nitrogens is 2. The molecular formula is C17H23N5O3S2. The number of aryl methyl sites for hydroxylation is 3. The molecule has 2 N–H and O–H groups in total. The van der Waals surface area contributed by atoms with Crippen molar-refractivity contribution < 1.29 is 14.3 Å². The van der Waals surface area contributed by atoms with Crippen LogP contribution in [0.1, 0.15) is 49.1 Å². The average molecular weight is 410 g/mol. The molecule has 2 amide bonds. The molecule has 146 valence electrons. The van der Waals surface area contributed by atoms with Gasteiger partial charge in [-0.2, -0.15) is 0 Å². The summed E-state index contributed by atoms with van der Waals surface area (Å²) in [5, 5.41) is 1.73. The van der Waals surface area contributed by atoms with Gasteiger partial charge in [-0.25, -0.2) is 9.97 Å². The molecule has 8 nitrogen and oxygen atoms in total. The van der Waals surface area contributed by atoms with E-state index in [9.17, 15) is 9.59 Å². The second-order valence-corrected chi connectivity index (χ2v) is 8.25. The van der Waals surface area contributed by atoms with Crippen molar-refractivity contribution in [1.29, 1.82) is 0 Å². The van der Waals surface area contributed by atoms with E-state index < -0.39 is 0 Å². The molecule has 0 radical (unpaired) electrons. The van der Waals surface area contributed by atoms with Crippen LogP contribution in [0.2, 0.25) is 0 Å².